The summed E-state index contributed by atoms with van der Waals surface area (Å²) in [4.78, 5) is 4.71. The monoisotopic (exact) mass is 387 g/mol. The van der Waals surface area contributed by atoms with E-state index in [0.29, 0.717) is 29.9 Å². The summed E-state index contributed by atoms with van der Waals surface area (Å²) in [5.41, 5.74) is 9.43. The van der Waals surface area contributed by atoms with Crippen LogP contribution >= 0.6 is 0 Å². The van der Waals surface area contributed by atoms with Crippen LogP contribution in [0.25, 0.3) is 22.3 Å². The summed E-state index contributed by atoms with van der Waals surface area (Å²) in [7, 11) is -3.70. The first-order valence-electron chi connectivity index (χ1n) is 8.77. The Morgan fingerprint density at radius 1 is 1.26 bits per heavy atom. The van der Waals surface area contributed by atoms with Crippen LogP contribution in [0.1, 0.15) is 24.8 Å². The molecule has 1 aliphatic carbocycles. The number of sulfonamides is 1. The number of fused-ring (bicyclic) bond motifs is 1. The highest BCUT2D eigenvalue weighted by Crippen LogP contribution is 2.28. The van der Waals surface area contributed by atoms with Gasteiger partial charge in [0.15, 0.2) is 5.82 Å². The number of aliphatic hydroxyl groups excluding tert-OH is 1. The third-order valence-corrected chi connectivity index (χ3v) is 6.49. The first-order valence-corrected chi connectivity index (χ1v) is 10.3. The Labute approximate surface area is 156 Å². The van der Waals surface area contributed by atoms with E-state index in [4.69, 9.17) is 5.73 Å². The van der Waals surface area contributed by atoms with Gasteiger partial charge in [0.1, 0.15) is 5.52 Å². The minimum absolute atomic E-state index is 0.173. The second-order valence-corrected chi connectivity index (χ2v) is 8.62. The molecule has 0 radical (unpaired) electrons. The maximum Gasteiger partial charge on any atom is 0.240 e. The number of nitrogens with zero attached hydrogens (tertiary/aromatic N) is 2. The van der Waals surface area contributed by atoms with Gasteiger partial charge in [-0.3, -0.25) is 5.10 Å². The zero-order valence-electron chi connectivity index (χ0n) is 14.8. The molecule has 9 heteroatoms. The number of hydrogen-bond donors (Lipinski definition) is 4. The Bertz CT molecular complexity index is 1110. The molecule has 0 amide bonds. The number of H-pyrrole nitrogens is 1. The summed E-state index contributed by atoms with van der Waals surface area (Å²) in [6, 6.07) is 8.15. The number of anilines is 1. The van der Waals surface area contributed by atoms with Crippen LogP contribution in [0.3, 0.4) is 0 Å². The quantitative estimate of drug-likeness (QED) is 0.538. The second-order valence-electron chi connectivity index (χ2n) is 6.90. The molecule has 1 saturated carbocycles. The Kier molecular flexibility index (Phi) is 4.37. The summed E-state index contributed by atoms with van der Waals surface area (Å²) >= 11 is 0. The molecule has 2 atom stereocenters. The van der Waals surface area contributed by atoms with E-state index >= 15 is 0 Å². The number of nitrogens with two attached hydrogens (primary N) is 1. The van der Waals surface area contributed by atoms with Gasteiger partial charge in [-0.1, -0.05) is 6.07 Å². The fraction of sp³-hybridized carbons (Fsp3) is 0.333. The van der Waals surface area contributed by atoms with E-state index in [1.165, 1.54) is 0 Å². The molecule has 0 aliphatic heterocycles. The fourth-order valence-corrected chi connectivity index (χ4v) is 4.89. The molecule has 27 heavy (non-hydrogen) atoms. The lowest BCUT2D eigenvalue weighted by Crippen LogP contribution is -2.39. The first kappa shape index (κ1) is 17.9. The average Bonchev–Trinajstić information content (AvgIpc) is 3.20. The number of rotatable bonds is 4. The smallest absolute Gasteiger partial charge is 0.240 e. The van der Waals surface area contributed by atoms with Crippen molar-refractivity contribution in [2.45, 2.75) is 43.2 Å². The van der Waals surface area contributed by atoms with Crippen LogP contribution in [0, 0.1) is 6.92 Å². The lowest BCUT2D eigenvalue weighted by atomic mass is 10.1. The van der Waals surface area contributed by atoms with Crippen LogP contribution in [0.15, 0.2) is 35.2 Å². The van der Waals surface area contributed by atoms with Gasteiger partial charge in [0.2, 0.25) is 10.0 Å². The van der Waals surface area contributed by atoms with Gasteiger partial charge in [-0.05, 0) is 56.0 Å². The zero-order valence-corrected chi connectivity index (χ0v) is 15.6. The van der Waals surface area contributed by atoms with Gasteiger partial charge in [0.05, 0.1) is 22.2 Å². The predicted molar refractivity (Wildman–Crippen MR) is 102 cm³/mol. The molecule has 142 valence electrons. The molecule has 3 aromatic rings. The number of aromatic amines is 1. The van der Waals surface area contributed by atoms with Crippen molar-refractivity contribution in [3.05, 3.63) is 35.9 Å². The number of nitrogens with one attached hydrogen (secondary N) is 2. The minimum atomic E-state index is -3.70. The number of pyridine rings is 1. The SMILES string of the molecule is Cc1cc(S(=O)(=O)NC2CCCC2O)ccc1-c1ccc2[nH]nc(N)c2n1. The molecule has 0 spiro atoms. The summed E-state index contributed by atoms with van der Waals surface area (Å²) in [5, 5.41) is 16.6. The van der Waals surface area contributed by atoms with E-state index in [9.17, 15) is 13.5 Å². The highest BCUT2D eigenvalue weighted by Gasteiger charge is 2.30. The van der Waals surface area contributed by atoms with Crippen LogP contribution in [-0.4, -0.2) is 40.9 Å². The van der Waals surface area contributed by atoms with E-state index in [1.807, 2.05) is 19.1 Å². The van der Waals surface area contributed by atoms with Crippen LogP contribution in [0.4, 0.5) is 5.82 Å². The van der Waals surface area contributed by atoms with Crippen LogP contribution < -0.4 is 10.5 Å². The van der Waals surface area contributed by atoms with Crippen LogP contribution in [0.2, 0.25) is 0 Å². The summed E-state index contributed by atoms with van der Waals surface area (Å²) < 4.78 is 27.9. The van der Waals surface area contributed by atoms with Crippen molar-refractivity contribution in [1.29, 1.82) is 0 Å². The maximum atomic E-state index is 12.7. The summed E-state index contributed by atoms with van der Waals surface area (Å²) in [6.45, 7) is 1.84. The van der Waals surface area contributed by atoms with E-state index in [1.54, 1.807) is 18.2 Å². The Hall–Kier alpha value is -2.49. The van der Waals surface area contributed by atoms with E-state index in [2.05, 4.69) is 19.9 Å². The summed E-state index contributed by atoms with van der Waals surface area (Å²) in [6.07, 6.45) is 1.46. The molecule has 1 aromatic carbocycles. The molecule has 2 unspecified atom stereocenters. The molecular weight excluding hydrogens is 366 g/mol. The van der Waals surface area contributed by atoms with Gasteiger partial charge < -0.3 is 10.8 Å². The highest BCUT2D eigenvalue weighted by atomic mass is 32.2. The molecular formula is C18H21N5O3S. The third-order valence-electron chi connectivity index (χ3n) is 5.00. The highest BCUT2D eigenvalue weighted by molar-refractivity contribution is 7.89. The first-order chi connectivity index (χ1) is 12.8. The van der Waals surface area contributed by atoms with E-state index in [0.717, 1.165) is 23.1 Å². The predicted octanol–water partition coefficient (Wildman–Crippen LogP) is 1.71. The van der Waals surface area contributed by atoms with Crippen molar-refractivity contribution in [1.82, 2.24) is 19.9 Å². The van der Waals surface area contributed by atoms with Crippen LogP contribution in [-0.2, 0) is 10.0 Å². The Morgan fingerprint density at radius 3 is 2.78 bits per heavy atom. The van der Waals surface area contributed by atoms with E-state index < -0.39 is 22.2 Å². The van der Waals surface area contributed by atoms with Gasteiger partial charge in [0, 0.05) is 11.6 Å². The topological polar surface area (TPSA) is 134 Å². The summed E-state index contributed by atoms with van der Waals surface area (Å²) in [5.74, 6) is 0.322. The van der Waals surface area contributed by atoms with Crippen molar-refractivity contribution in [2.24, 2.45) is 0 Å². The lowest BCUT2D eigenvalue weighted by Gasteiger charge is -2.17. The number of aromatic nitrogens is 3. The third kappa shape index (κ3) is 3.29. The number of aryl methyl sites for hydroxylation is 1. The number of aliphatic hydroxyl groups is 1. The average molecular weight is 387 g/mol. The minimum Gasteiger partial charge on any atom is -0.391 e. The van der Waals surface area contributed by atoms with Crippen molar-refractivity contribution < 1.29 is 13.5 Å². The molecule has 5 N–H and O–H groups in total. The molecule has 2 heterocycles. The van der Waals surface area contributed by atoms with E-state index in [-0.39, 0.29) is 4.90 Å². The second kappa shape index (κ2) is 6.59. The van der Waals surface area contributed by atoms with Crippen LogP contribution in [0.5, 0.6) is 0 Å². The van der Waals surface area contributed by atoms with Crippen molar-refractivity contribution >= 4 is 26.9 Å². The van der Waals surface area contributed by atoms with Gasteiger partial charge in [-0.25, -0.2) is 18.1 Å². The van der Waals surface area contributed by atoms with Gasteiger partial charge >= 0.3 is 0 Å². The molecule has 2 aromatic heterocycles. The molecule has 1 aliphatic rings. The van der Waals surface area contributed by atoms with Crippen molar-refractivity contribution in [3.8, 4) is 11.3 Å². The van der Waals surface area contributed by atoms with Gasteiger partial charge in [-0.15, -0.1) is 0 Å². The zero-order chi connectivity index (χ0) is 19.2. The Morgan fingerprint density at radius 2 is 2.07 bits per heavy atom. The standard InChI is InChI=1S/C18H21N5O3S/c1-10-9-11(27(25,26)23-14-3-2-4-16(14)24)5-6-12(10)13-7-8-15-17(20-13)18(19)22-21-15/h5-9,14,16,23-24H,2-4H2,1H3,(H3,19,21,22). The van der Waals surface area contributed by atoms with Gasteiger partial charge in [0.25, 0.3) is 0 Å². The Balaban J connectivity index is 1.66. The number of nitrogen functional groups attached to an aromatic ring is 1. The maximum absolute atomic E-state index is 12.7. The lowest BCUT2D eigenvalue weighted by molar-refractivity contribution is 0.159. The van der Waals surface area contributed by atoms with Crippen molar-refractivity contribution in [3.63, 3.8) is 0 Å². The number of benzene rings is 1. The molecule has 4 rings (SSSR count). The normalized spacial score (nSPS) is 20.4. The molecule has 0 saturated heterocycles. The molecule has 0 bridgehead atoms. The van der Waals surface area contributed by atoms with Crippen molar-refractivity contribution in [2.75, 3.05) is 5.73 Å². The number of hydrogen-bond acceptors (Lipinski definition) is 6. The van der Waals surface area contributed by atoms with Gasteiger partial charge in [-0.2, -0.15) is 5.10 Å². The fourth-order valence-electron chi connectivity index (χ4n) is 3.50. The molecule has 8 nitrogen and oxygen atoms in total. The molecule has 1 fully saturated rings. The largest absolute Gasteiger partial charge is 0.391 e.